The lowest BCUT2D eigenvalue weighted by Gasteiger charge is -2.39. The number of rotatable bonds is 5. The molecule has 156 valence electrons. The molecule has 1 aromatic carbocycles. The van der Waals surface area contributed by atoms with Crippen molar-refractivity contribution in [1.29, 1.82) is 0 Å². The number of carbonyl (C=O) groups excluding carboxylic acids is 2. The molecule has 3 rings (SSSR count). The summed E-state index contributed by atoms with van der Waals surface area (Å²) in [5, 5.41) is 13.5. The van der Waals surface area contributed by atoms with Gasteiger partial charge in [-0.1, -0.05) is 32.0 Å². The molecule has 2 N–H and O–H groups in total. The summed E-state index contributed by atoms with van der Waals surface area (Å²) in [5.41, 5.74) is 2.00. The number of nitrogens with zero attached hydrogens (tertiary/aromatic N) is 2. The van der Waals surface area contributed by atoms with Gasteiger partial charge < -0.3 is 15.3 Å². The van der Waals surface area contributed by atoms with Gasteiger partial charge in [0.25, 0.3) is 11.8 Å². The number of carbonyl (C=O) groups is 2. The molecule has 1 unspecified atom stereocenters. The number of para-hydroxylation sites is 1. The highest BCUT2D eigenvalue weighted by Crippen LogP contribution is 2.23. The van der Waals surface area contributed by atoms with Crippen molar-refractivity contribution in [2.75, 3.05) is 19.7 Å². The molecule has 1 aliphatic heterocycles. The van der Waals surface area contributed by atoms with Crippen molar-refractivity contribution in [3.8, 4) is 0 Å². The average molecular weight is 401 g/mol. The standard InChI is InChI=1S/C22H28FN3O3/c1-13(2)20(23)22(29)26-9-8-15(12-27)18(11-26)25-21(28)19-14(3)10-24-17-7-5-4-6-16(17)19/h4-7,10,13,15,18,20,27H,8-9,11-12H2,1-3H3,(H,25,28)/t15-,18+,20?/m0/s1. The molecule has 2 heterocycles. The number of hydrogen-bond donors (Lipinski definition) is 2. The monoisotopic (exact) mass is 401 g/mol. The van der Waals surface area contributed by atoms with Gasteiger partial charge in [-0.15, -0.1) is 0 Å². The second-order valence-electron chi connectivity index (χ2n) is 8.07. The Bertz CT molecular complexity index is 902. The first-order chi connectivity index (χ1) is 13.8. The van der Waals surface area contributed by atoms with Gasteiger partial charge in [-0.3, -0.25) is 14.6 Å². The Labute approximate surface area is 170 Å². The van der Waals surface area contributed by atoms with Crippen LogP contribution >= 0.6 is 0 Å². The maximum absolute atomic E-state index is 14.2. The minimum absolute atomic E-state index is 0.105. The number of aliphatic hydroxyl groups excluding tert-OH is 1. The number of aryl methyl sites for hydroxylation is 1. The summed E-state index contributed by atoms with van der Waals surface area (Å²) in [6.07, 6.45) is 0.602. The van der Waals surface area contributed by atoms with Crippen LogP contribution in [0.5, 0.6) is 0 Å². The Hall–Kier alpha value is -2.54. The third kappa shape index (κ3) is 4.40. The summed E-state index contributed by atoms with van der Waals surface area (Å²) in [4.78, 5) is 31.4. The molecule has 0 radical (unpaired) electrons. The number of benzene rings is 1. The summed E-state index contributed by atoms with van der Waals surface area (Å²) >= 11 is 0. The Balaban J connectivity index is 1.82. The number of aliphatic hydroxyl groups is 1. The molecule has 0 aliphatic carbocycles. The number of piperidine rings is 1. The lowest BCUT2D eigenvalue weighted by Crippen LogP contribution is -2.56. The lowest BCUT2D eigenvalue weighted by molar-refractivity contribution is -0.140. The summed E-state index contributed by atoms with van der Waals surface area (Å²) in [7, 11) is 0. The molecule has 3 atom stereocenters. The van der Waals surface area contributed by atoms with Gasteiger partial charge >= 0.3 is 0 Å². The molecule has 0 bridgehead atoms. The Kier molecular flexibility index (Phi) is 6.47. The quantitative estimate of drug-likeness (QED) is 0.806. The number of hydrogen-bond acceptors (Lipinski definition) is 4. The van der Waals surface area contributed by atoms with Gasteiger partial charge in [-0.05, 0) is 30.9 Å². The first-order valence-electron chi connectivity index (χ1n) is 10.0. The van der Waals surface area contributed by atoms with Crippen molar-refractivity contribution in [2.24, 2.45) is 11.8 Å². The van der Waals surface area contributed by atoms with Gasteiger partial charge in [0.15, 0.2) is 6.17 Å². The fraction of sp³-hybridized carbons (Fsp3) is 0.500. The van der Waals surface area contributed by atoms with E-state index in [1.165, 1.54) is 4.90 Å². The molecule has 2 amide bonds. The van der Waals surface area contributed by atoms with E-state index in [1.807, 2.05) is 31.2 Å². The van der Waals surface area contributed by atoms with Crippen LogP contribution in [0.1, 0.15) is 36.2 Å². The molecular formula is C22H28FN3O3. The molecule has 1 fully saturated rings. The van der Waals surface area contributed by atoms with Crippen LogP contribution in [0.15, 0.2) is 30.5 Å². The van der Waals surface area contributed by atoms with Crippen molar-refractivity contribution in [1.82, 2.24) is 15.2 Å². The number of halogens is 1. The summed E-state index contributed by atoms with van der Waals surface area (Å²) in [6.45, 7) is 5.61. The van der Waals surface area contributed by atoms with Crippen LogP contribution in [0.2, 0.25) is 0 Å². The van der Waals surface area contributed by atoms with E-state index in [1.54, 1.807) is 20.0 Å². The second-order valence-corrected chi connectivity index (χ2v) is 8.07. The second kappa shape index (κ2) is 8.86. The van der Waals surface area contributed by atoms with E-state index >= 15 is 0 Å². The van der Waals surface area contributed by atoms with Crippen molar-refractivity contribution >= 4 is 22.7 Å². The summed E-state index contributed by atoms with van der Waals surface area (Å²) in [5.74, 6) is -1.42. The van der Waals surface area contributed by atoms with Gasteiger partial charge in [-0.25, -0.2) is 4.39 Å². The molecular weight excluding hydrogens is 373 g/mol. The Morgan fingerprint density at radius 3 is 2.76 bits per heavy atom. The predicted octanol–water partition coefficient (Wildman–Crippen LogP) is 2.48. The van der Waals surface area contributed by atoms with Crippen LogP contribution in [0.25, 0.3) is 10.9 Å². The maximum atomic E-state index is 14.2. The fourth-order valence-corrected chi connectivity index (χ4v) is 3.83. The Morgan fingerprint density at radius 1 is 1.34 bits per heavy atom. The van der Waals surface area contributed by atoms with Crippen LogP contribution in [0, 0.1) is 18.8 Å². The number of aromatic nitrogens is 1. The molecule has 6 nitrogen and oxygen atoms in total. The maximum Gasteiger partial charge on any atom is 0.257 e. The van der Waals surface area contributed by atoms with Gasteiger partial charge in [0.1, 0.15) is 0 Å². The van der Waals surface area contributed by atoms with E-state index in [9.17, 15) is 19.1 Å². The number of likely N-dealkylation sites (tertiary alicyclic amines) is 1. The predicted molar refractivity (Wildman–Crippen MR) is 109 cm³/mol. The van der Waals surface area contributed by atoms with Gasteiger partial charge in [0.2, 0.25) is 0 Å². The normalized spacial score (nSPS) is 20.7. The van der Waals surface area contributed by atoms with E-state index in [2.05, 4.69) is 10.3 Å². The third-order valence-corrected chi connectivity index (χ3v) is 5.63. The molecule has 7 heteroatoms. The highest BCUT2D eigenvalue weighted by atomic mass is 19.1. The smallest absolute Gasteiger partial charge is 0.257 e. The minimum Gasteiger partial charge on any atom is -0.396 e. The van der Waals surface area contributed by atoms with Crippen molar-refractivity contribution < 1.29 is 19.1 Å². The summed E-state index contributed by atoms with van der Waals surface area (Å²) in [6, 6.07) is 6.96. The molecule has 1 aromatic heterocycles. The van der Waals surface area contributed by atoms with E-state index in [4.69, 9.17) is 0 Å². The third-order valence-electron chi connectivity index (χ3n) is 5.63. The number of nitrogens with one attached hydrogen (secondary N) is 1. The fourth-order valence-electron chi connectivity index (χ4n) is 3.83. The van der Waals surface area contributed by atoms with E-state index in [-0.39, 0.29) is 25.0 Å². The number of alkyl halides is 1. The van der Waals surface area contributed by atoms with E-state index in [0.717, 1.165) is 16.5 Å². The number of pyridine rings is 1. The van der Waals surface area contributed by atoms with Crippen molar-refractivity contribution in [3.05, 3.63) is 41.6 Å². The van der Waals surface area contributed by atoms with Crippen molar-refractivity contribution in [2.45, 2.75) is 39.4 Å². The highest BCUT2D eigenvalue weighted by Gasteiger charge is 2.36. The minimum atomic E-state index is -1.57. The lowest BCUT2D eigenvalue weighted by atomic mass is 9.91. The summed E-state index contributed by atoms with van der Waals surface area (Å²) < 4.78 is 14.2. The van der Waals surface area contributed by atoms with Gasteiger partial charge in [-0.2, -0.15) is 0 Å². The average Bonchev–Trinajstić information content (AvgIpc) is 2.72. The van der Waals surface area contributed by atoms with Crippen LogP contribution in [-0.4, -0.2) is 58.7 Å². The van der Waals surface area contributed by atoms with Crippen LogP contribution in [0.3, 0.4) is 0 Å². The molecule has 1 saturated heterocycles. The molecule has 0 saturated carbocycles. The molecule has 0 spiro atoms. The number of fused-ring (bicyclic) bond motifs is 1. The Morgan fingerprint density at radius 2 is 2.07 bits per heavy atom. The molecule has 2 aromatic rings. The van der Waals surface area contributed by atoms with E-state index in [0.29, 0.717) is 18.5 Å². The van der Waals surface area contributed by atoms with Gasteiger partial charge in [0, 0.05) is 37.2 Å². The van der Waals surface area contributed by atoms with Crippen LogP contribution < -0.4 is 5.32 Å². The zero-order chi connectivity index (χ0) is 21.1. The van der Waals surface area contributed by atoms with Crippen LogP contribution in [0.4, 0.5) is 4.39 Å². The zero-order valence-electron chi connectivity index (χ0n) is 17.1. The highest BCUT2D eigenvalue weighted by molar-refractivity contribution is 6.07. The number of amides is 2. The first kappa shape index (κ1) is 21.2. The van der Waals surface area contributed by atoms with Gasteiger partial charge in [0.05, 0.1) is 17.1 Å². The zero-order valence-corrected chi connectivity index (χ0v) is 17.1. The largest absolute Gasteiger partial charge is 0.396 e. The van der Waals surface area contributed by atoms with Crippen molar-refractivity contribution in [3.63, 3.8) is 0 Å². The van der Waals surface area contributed by atoms with Crippen LogP contribution in [-0.2, 0) is 4.79 Å². The van der Waals surface area contributed by atoms with E-state index < -0.39 is 24.0 Å². The molecule has 29 heavy (non-hydrogen) atoms. The first-order valence-corrected chi connectivity index (χ1v) is 10.0. The SMILES string of the molecule is Cc1cnc2ccccc2c1C(=O)N[C@@H]1CN(C(=O)C(F)C(C)C)CC[C@H]1CO. The topological polar surface area (TPSA) is 82.5 Å². The molecule has 1 aliphatic rings.